The number of rotatable bonds is 3. The predicted octanol–water partition coefficient (Wildman–Crippen LogP) is 2.98. The Bertz CT molecular complexity index is 393. The summed E-state index contributed by atoms with van der Waals surface area (Å²) in [5, 5.41) is 9.04. The Kier molecular flexibility index (Phi) is 2.79. The van der Waals surface area contributed by atoms with Crippen LogP contribution in [0, 0.1) is 8.99 Å². The molecule has 1 aromatic heterocycles. The molecule has 0 unspecified atom stereocenters. The van der Waals surface area contributed by atoms with Crippen molar-refractivity contribution in [2.24, 2.45) is 5.41 Å². The lowest BCUT2D eigenvalue weighted by Crippen LogP contribution is -2.31. The van der Waals surface area contributed by atoms with Gasteiger partial charge in [-0.15, -0.1) is 0 Å². The topological polar surface area (TPSA) is 42.2 Å². The van der Waals surface area contributed by atoms with E-state index in [9.17, 15) is 4.79 Å². The van der Waals surface area contributed by atoms with Crippen LogP contribution in [0.1, 0.15) is 36.7 Å². The van der Waals surface area contributed by atoms with Crippen molar-refractivity contribution < 1.29 is 9.90 Å². The van der Waals surface area contributed by atoms with Gasteiger partial charge >= 0.3 is 5.97 Å². The molecule has 0 saturated heterocycles. The number of nitrogens with zero attached hydrogens (tertiary/aromatic N) is 1. The summed E-state index contributed by atoms with van der Waals surface area (Å²) in [6.07, 6.45) is 5.62. The minimum Gasteiger partial charge on any atom is -0.477 e. The maximum Gasteiger partial charge on any atom is 0.352 e. The van der Waals surface area contributed by atoms with E-state index in [0.717, 1.165) is 10.1 Å². The molecule has 1 aromatic rings. The number of hydrogen-bond donors (Lipinski definition) is 1. The largest absolute Gasteiger partial charge is 0.477 e. The lowest BCUT2D eigenvalue weighted by atomic mass is 9.70. The van der Waals surface area contributed by atoms with Crippen molar-refractivity contribution in [1.82, 2.24) is 4.57 Å². The van der Waals surface area contributed by atoms with Crippen molar-refractivity contribution >= 4 is 28.6 Å². The molecule has 0 spiro atoms. The molecule has 2 rings (SSSR count). The summed E-state index contributed by atoms with van der Waals surface area (Å²) >= 11 is 2.16. The molecule has 1 N–H and O–H groups in total. The maximum atomic E-state index is 11.0. The first-order chi connectivity index (χ1) is 7.00. The highest BCUT2D eigenvalue weighted by Crippen LogP contribution is 2.42. The van der Waals surface area contributed by atoms with Crippen LogP contribution >= 0.6 is 22.6 Å². The summed E-state index contributed by atoms with van der Waals surface area (Å²) in [5.74, 6) is -0.833. The Hall–Kier alpha value is -0.520. The second kappa shape index (κ2) is 3.81. The number of hydrogen-bond acceptors (Lipinski definition) is 1. The second-order valence-electron chi connectivity index (χ2n) is 4.64. The molecular weight excluding hydrogens is 305 g/mol. The average molecular weight is 319 g/mol. The van der Waals surface area contributed by atoms with Gasteiger partial charge in [-0.2, -0.15) is 0 Å². The summed E-state index contributed by atoms with van der Waals surface area (Å²) in [6, 6.07) is 1.73. The van der Waals surface area contributed by atoms with Crippen LogP contribution in [0.4, 0.5) is 0 Å². The van der Waals surface area contributed by atoms with E-state index in [1.165, 1.54) is 19.3 Å². The fraction of sp³-hybridized carbons (Fsp3) is 0.545. The summed E-state index contributed by atoms with van der Waals surface area (Å²) in [5.41, 5.74) is 0.722. The molecule has 0 bridgehead atoms. The van der Waals surface area contributed by atoms with Crippen molar-refractivity contribution in [3.05, 3.63) is 21.5 Å². The molecule has 3 nitrogen and oxygen atoms in total. The molecule has 0 radical (unpaired) electrons. The van der Waals surface area contributed by atoms with E-state index in [0.29, 0.717) is 11.1 Å². The van der Waals surface area contributed by atoms with Crippen LogP contribution in [-0.2, 0) is 6.54 Å². The quantitative estimate of drug-likeness (QED) is 0.871. The fourth-order valence-electron chi connectivity index (χ4n) is 2.13. The van der Waals surface area contributed by atoms with Crippen molar-refractivity contribution in [3.8, 4) is 0 Å². The van der Waals surface area contributed by atoms with Gasteiger partial charge in [-0.25, -0.2) is 4.79 Å². The van der Waals surface area contributed by atoms with E-state index < -0.39 is 5.97 Å². The van der Waals surface area contributed by atoms with E-state index >= 15 is 0 Å². The zero-order valence-electron chi connectivity index (χ0n) is 8.66. The monoisotopic (exact) mass is 319 g/mol. The lowest BCUT2D eigenvalue weighted by Gasteiger charge is -2.38. The van der Waals surface area contributed by atoms with Gasteiger partial charge in [0.25, 0.3) is 0 Å². The van der Waals surface area contributed by atoms with Crippen LogP contribution in [-0.4, -0.2) is 15.6 Å². The van der Waals surface area contributed by atoms with Gasteiger partial charge in [0.05, 0.1) is 0 Å². The lowest BCUT2D eigenvalue weighted by molar-refractivity contribution is 0.0673. The molecule has 82 valence electrons. The van der Waals surface area contributed by atoms with Gasteiger partial charge in [0.1, 0.15) is 5.69 Å². The molecule has 0 aliphatic heterocycles. The minimum absolute atomic E-state index is 0.312. The van der Waals surface area contributed by atoms with E-state index in [-0.39, 0.29) is 0 Å². The molecular formula is C11H14INO2. The van der Waals surface area contributed by atoms with Gasteiger partial charge < -0.3 is 9.67 Å². The number of halogens is 1. The van der Waals surface area contributed by atoms with Crippen molar-refractivity contribution in [2.45, 2.75) is 32.7 Å². The Labute approximate surface area is 103 Å². The molecule has 4 heteroatoms. The molecule has 1 saturated carbocycles. The van der Waals surface area contributed by atoms with Crippen LogP contribution in [0.3, 0.4) is 0 Å². The van der Waals surface area contributed by atoms with Crippen molar-refractivity contribution in [1.29, 1.82) is 0 Å². The van der Waals surface area contributed by atoms with Gasteiger partial charge in [0.15, 0.2) is 0 Å². The standard InChI is InChI=1S/C11H14INO2/c1-11(3-2-4-11)7-13-6-8(12)5-9(13)10(14)15/h5-6H,2-4,7H2,1H3,(H,14,15). The summed E-state index contributed by atoms with van der Waals surface area (Å²) in [7, 11) is 0. The van der Waals surface area contributed by atoms with E-state index in [4.69, 9.17) is 5.11 Å². The van der Waals surface area contributed by atoms with E-state index in [2.05, 4.69) is 29.5 Å². The van der Waals surface area contributed by atoms with Gasteiger partial charge in [-0.05, 0) is 46.9 Å². The molecule has 1 aliphatic carbocycles. The van der Waals surface area contributed by atoms with Crippen LogP contribution in [0.25, 0.3) is 0 Å². The number of aromatic nitrogens is 1. The molecule has 1 aliphatic rings. The number of carboxylic acid groups (broad SMARTS) is 1. The SMILES string of the molecule is CC1(Cn2cc(I)cc2C(=O)O)CCC1. The highest BCUT2D eigenvalue weighted by molar-refractivity contribution is 14.1. The zero-order chi connectivity index (χ0) is 11.1. The normalized spacial score (nSPS) is 18.5. The third-order valence-corrected chi connectivity index (χ3v) is 3.78. The number of carbonyl (C=O) groups is 1. The van der Waals surface area contributed by atoms with E-state index in [1.807, 2.05) is 10.8 Å². The Morgan fingerprint density at radius 1 is 1.67 bits per heavy atom. The third-order valence-electron chi connectivity index (χ3n) is 3.20. The minimum atomic E-state index is -0.833. The average Bonchev–Trinajstić information content (AvgIpc) is 2.44. The zero-order valence-corrected chi connectivity index (χ0v) is 10.8. The van der Waals surface area contributed by atoms with Crippen LogP contribution in [0.15, 0.2) is 12.3 Å². The van der Waals surface area contributed by atoms with Gasteiger partial charge in [0, 0.05) is 16.3 Å². The molecule has 0 amide bonds. The predicted molar refractivity (Wildman–Crippen MR) is 66.1 cm³/mol. The van der Waals surface area contributed by atoms with Crippen LogP contribution in [0.5, 0.6) is 0 Å². The highest BCUT2D eigenvalue weighted by atomic mass is 127. The Balaban J connectivity index is 2.23. The molecule has 1 heterocycles. The van der Waals surface area contributed by atoms with Gasteiger partial charge in [-0.3, -0.25) is 0 Å². The van der Waals surface area contributed by atoms with E-state index in [1.54, 1.807) is 6.07 Å². The molecule has 15 heavy (non-hydrogen) atoms. The molecule has 0 atom stereocenters. The fourth-order valence-corrected chi connectivity index (χ4v) is 2.77. The first kappa shape index (κ1) is 11.0. The smallest absolute Gasteiger partial charge is 0.352 e. The number of aromatic carboxylic acids is 1. The summed E-state index contributed by atoms with van der Waals surface area (Å²) in [6.45, 7) is 3.06. The Morgan fingerprint density at radius 3 is 2.80 bits per heavy atom. The first-order valence-corrected chi connectivity index (χ1v) is 6.17. The van der Waals surface area contributed by atoms with Gasteiger partial charge in [-0.1, -0.05) is 13.3 Å². The third kappa shape index (κ3) is 2.19. The molecule has 1 fully saturated rings. The number of carboxylic acids is 1. The maximum absolute atomic E-state index is 11.0. The van der Waals surface area contributed by atoms with Gasteiger partial charge in [0.2, 0.25) is 0 Å². The summed E-state index contributed by atoms with van der Waals surface area (Å²) < 4.78 is 2.87. The second-order valence-corrected chi connectivity index (χ2v) is 5.89. The van der Waals surface area contributed by atoms with Crippen molar-refractivity contribution in [2.75, 3.05) is 0 Å². The van der Waals surface area contributed by atoms with Crippen LogP contribution in [0.2, 0.25) is 0 Å². The summed E-state index contributed by atoms with van der Waals surface area (Å²) in [4.78, 5) is 11.0. The Morgan fingerprint density at radius 2 is 2.33 bits per heavy atom. The molecule has 0 aromatic carbocycles. The highest BCUT2D eigenvalue weighted by Gasteiger charge is 2.32. The van der Waals surface area contributed by atoms with Crippen LogP contribution < -0.4 is 0 Å². The van der Waals surface area contributed by atoms with Crippen molar-refractivity contribution in [3.63, 3.8) is 0 Å². The first-order valence-electron chi connectivity index (χ1n) is 5.09.